The Morgan fingerprint density at radius 1 is 1.35 bits per heavy atom. The van der Waals surface area contributed by atoms with Crippen LogP contribution in [0.15, 0.2) is 24.3 Å². The molecule has 1 amide bonds. The third kappa shape index (κ3) is 5.10. The van der Waals surface area contributed by atoms with Gasteiger partial charge in [0, 0.05) is 19.6 Å². The number of carbonyl (C=O) groups excluding carboxylic acids is 1. The fourth-order valence-electron chi connectivity index (χ4n) is 1.60. The number of nitrogens with one attached hydrogen (secondary N) is 2. The first-order valence-corrected chi connectivity index (χ1v) is 6.12. The van der Waals surface area contributed by atoms with E-state index in [4.69, 9.17) is 0 Å². The van der Waals surface area contributed by atoms with Gasteiger partial charge in [0.1, 0.15) is 11.9 Å². The van der Waals surface area contributed by atoms with Gasteiger partial charge in [0.05, 0.1) is 0 Å². The second kappa shape index (κ2) is 7.76. The first kappa shape index (κ1) is 16.3. The largest absolute Gasteiger partial charge is 0.435 e. The molecule has 7 heteroatoms. The highest BCUT2D eigenvalue weighted by Crippen LogP contribution is 2.19. The molecule has 112 valence electrons. The summed E-state index contributed by atoms with van der Waals surface area (Å²) >= 11 is 0. The van der Waals surface area contributed by atoms with Crippen LogP contribution >= 0.6 is 0 Å². The van der Waals surface area contributed by atoms with Gasteiger partial charge >= 0.3 is 6.61 Å². The van der Waals surface area contributed by atoms with Crippen LogP contribution in [-0.4, -0.2) is 37.3 Å². The lowest BCUT2D eigenvalue weighted by molar-refractivity contribution is -0.128. The molecule has 0 heterocycles. The van der Waals surface area contributed by atoms with E-state index in [0.29, 0.717) is 0 Å². The molecule has 1 rings (SSSR count). The van der Waals surface area contributed by atoms with Crippen LogP contribution in [0.2, 0.25) is 0 Å². The minimum Gasteiger partial charge on any atom is -0.435 e. The van der Waals surface area contributed by atoms with E-state index in [1.165, 1.54) is 19.2 Å². The van der Waals surface area contributed by atoms with Crippen molar-refractivity contribution in [2.45, 2.75) is 25.7 Å². The normalized spacial score (nSPS) is 13.9. The van der Waals surface area contributed by atoms with Crippen molar-refractivity contribution in [1.29, 1.82) is 0 Å². The molecule has 0 spiro atoms. The summed E-state index contributed by atoms with van der Waals surface area (Å²) in [7, 11) is 1.44. The van der Waals surface area contributed by atoms with E-state index >= 15 is 0 Å². The highest BCUT2D eigenvalue weighted by molar-refractivity contribution is 5.80. The highest BCUT2D eigenvalue weighted by atomic mass is 19.3. The number of hydrogen-bond acceptors (Lipinski definition) is 4. The molecule has 0 bridgehead atoms. The van der Waals surface area contributed by atoms with Crippen LogP contribution in [-0.2, 0) is 4.79 Å². The van der Waals surface area contributed by atoms with Crippen LogP contribution in [0.25, 0.3) is 0 Å². The van der Waals surface area contributed by atoms with E-state index < -0.39 is 18.6 Å². The van der Waals surface area contributed by atoms with Gasteiger partial charge in [-0.25, -0.2) is 0 Å². The lowest BCUT2D eigenvalue weighted by atomic mass is 10.1. The van der Waals surface area contributed by atoms with Gasteiger partial charge in [0.15, 0.2) is 0 Å². The van der Waals surface area contributed by atoms with Gasteiger partial charge in [-0.3, -0.25) is 4.79 Å². The summed E-state index contributed by atoms with van der Waals surface area (Å²) in [5, 5.41) is 14.8. The average molecular weight is 288 g/mol. The Kier molecular flexibility index (Phi) is 6.33. The number of hydrogen-bond donors (Lipinski definition) is 3. The molecule has 0 aliphatic carbocycles. The smallest absolute Gasteiger partial charge is 0.387 e. The second-order valence-electron chi connectivity index (χ2n) is 4.21. The summed E-state index contributed by atoms with van der Waals surface area (Å²) in [6, 6.07) is 6.02. The van der Waals surface area contributed by atoms with Crippen LogP contribution in [0.1, 0.15) is 18.5 Å². The van der Waals surface area contributed by atoms with Crippen LogP contribution in [0.4, 0.5) is 8.78 Å². The van der Waals surface area contributed by atoms with Crippen molar-refractivity contribution < 1.29 is 23.4 Å². The zero-order valence-electron chi connectivity index (χ0n) is 11.3. The molecular formula is C13H18F2N2O3. The zero-order valence-corrected chi connectivity index (χ0v) is 11.3. The monoisotopic (exact) mass is 288 g/mol. The van der Waals surface area contributed by atoms with Crippen LogP contribution < -0.4 is 15.4 Å². The predicted octanol–water partition coefficient (Wildman–Crippen LogP) is 1.05. The maximum Gasteiger partial charge on any atom is 0.387 e. The van der Waals surface area contributed by atoms with Gasteiger partial charge < -0.3 is 20.5 Å². The number of rotatable bonds is 7. The lowest BCUT2D eigenvalue weighted by Crippen LogP contribution is -2.40. The van der Waals surface area contributed by atoms with Gasteiger partial charge in [-0.15, -0.1) is 0 Å². The van der Waals surface area contributed by atoms with Gasteiger partial charge in [-0.05, 0) is 24.6 Å². The Bertz CT molecular complexity index is 426. The minimum atomic E-state index is -2.85. The van der Waals surface area contributed by atoms with E-state index in [0.717, 1.165) is 5.56 Å². The molecule has 20 heavy (non-hydrogen) atoms. The predicted molar refractivity (Wildman–Crippen MR) is 69.6 cm³/mol. The molecule has 5 nitrogen and oxygen atoms in total. The van der Waals surface area contributed by atoms with E-state index in [9.17, 15) is 18.7 Å². The number of aliphatic hydroxyl groups is 1. The summed E-state index contributed by atoms with van der Waals surface area (Å²) in [5.41, 5.74) is 0.829. The lowest BCUT2D eigenvalue weighted by Gasteiger charge is -2.17. The Morgan fingerprint density at radius 2 is 1.95 bits per heavy atom. The van der Waals surface area contributed by atoms with E-state index in [1.54, 1.807) is 12.1 Å². The molecule has 2 atom stereocenters. The molecule has 0 fully saturated rings. The van der Waals surface area contributed by atoms with Crippen molar-refractivity contribution in [3.63, 3.8) is 0 Å². The number of carbonyl (C=O) groups is 1. The molecular weight excluding hydrogens is 270 g/mol. The number of aliphatic hydroxyl groups excluding tert-OH is 1. The van der Waals surface area contributed by atoms with Gasteiger partial charge in [0.2, 0.25) is 5.91 Å². The summed E-state index contributed by atoms with van der Waals surface area (Å²) in [4.78, 5) is 11.1. The molecule has 0 saturated carbocycles. The van der Waals surface area contributed by atoms with Crippen LogP contribution in [0.5, 0.6) is 5.75 Å². The molecule has 3 N–H and O–H groups in total. The third-order valence-corrected chi connectivity index (χ3v) is 2.77. The quantitative estimate of drug-likeness (QED) is 0.701. The molecule has 1 aromatic carbocycles. The summed E-state index contributed by atoms with van der Waals surface area (Å²) in [6.07, 6.45) is -1.14. The molecule has 0 aliphatic heterocycles. The molecule has 0 saturated heterocycles. The number of benzene rings is 1. The summed E-state index contributed by atoms with van der Waals surface area (Å²) in [5.74, 6) is -0.383. The first-order chi connectivity index (χ1) is 9.43. The van der Waals surface area contributed by atoms with Crippen molar-refractivity contribution in [2.75, 3.05) is 13.6 Å². The van der Waals surface area contributed by atoms with Crippen LogP contribution in [0, 0.1) is 0 Å². The van der Waals surface area contributed by atoms with Crippen molar-refractivity contribution >= 4 is 5.91 Å². The van der Waals surface area contributed by atoms with Crippen molar-refractivity contribution in [3.05, 3.63) is 29.8 Å². The van der Waals surface area contributed by atoms with Crippen molar-refractivity contribution in [2.24, 2.45) is 0 Å². The standard InChI is InChI=1S/C13H18F2N2O3/c1-8(17-7-11(18)12(19)16-2)9-3-5-10(6-4-9)20-13(14)15/h3-6,8,11,13,17-18H,7H2,1-2H3,(H,16,19)/t8-,11+/m0/s1. The summed E-state index contributed by atoms with van der Waals surface area (Å²) < 4.78 is 28.2. The SMILES string of the molecule is CNC(=O)[C@H](O)CN[C@@H](C)c1ccc(OC(F)F)cc1. The molecule has 0 unspecified atom stereocenters. The fourth-order valence-corrected chi connectivity index (χ4v) is 1.60. The fraction of sp³-hybridized carbons (Fsp3) is 0.462. The number of likely N-dealkylation sites (N-methyl/N-ethyl adjacent to an activating group) is 1. The third-order valence-electron chi connectivity index (χ3n) is 2.77. The van der Waals surface area contributed by atoms with E-state index in [2.05, 4.69) is 15.4 Å². The Hall–Kier alpha value is -1.73. The zero-order chi connectivity index (χ0) is 15.1. The Morgan fingerprint density at radius 3 is 2.45 bits per heavy atom. The highest BCUT2D eigenvalue weighted by Gasteiger charge is 2.14. The minimum absolute atomic E-state index is 0.0846. The summed E-state index contributed by atoms with van der Waals surface area (Å²) in [6.45, 7) is -0.922. The first-order valence-electron chi connectivity index (χ1n) is 6.12. The van der Waals surface area contributed by atoms with E-state index in [-0.39, 0.29) is 18.3 Å². The Labute approximate surface area is 115 Å². The maximum absolute atomic E-state index is 12.0. The molecule has 0 radical (unpaired) electrons. The number of amides is 1. The molecule has 0 aliphatic rings. The van der Waals surface area contributed by atoms with Gasteiger partial charge in [-0.2, -0.15) is 8.78 Å². The average Bonchev–Trinajstić information content (AvgIpc) is 2.43. The van der Waals surface area contributed by atoms with Crippen LogP contribution in [0.3, 0.4) is 0 Å². The van der Waals surface area contributed by atoms with Gasteiger partial charge in [-0.1, -0.05) is 12.1 Å². The number of halogens is 2. The van der Waals surface area contributed by atoms with Gasteiger partial charge in [0.25, 0.3) is 0 Å². The molecule has 1 aromatic rings. The molecule has 0 aromatic heterocycles. The van der Waals surface area contributed by atoms with Crippen molar-refractivity contribution in [1.82, 2.24) is 10.6 Å². The Balaban J connectivity index is 2.51. The number of alkyl halides is 2. The maximum atomic E-state index is 12.0. The topological polar surface area (TPSA) is 70.6 Å². The number of ether oxygens (including phenoxy) is 1. The van der Waals surface area contributed by atoms with Crippen molar-refractivity contribution in [3.8, 4) is 5.75 Å². The second-order valence-corrected chi connectivity index (χ2v) is 4.21. The van der Waals surface area contributed by atoms with E-state index in [1.807, 2.05) is 6.92 Å².